The van der Waals surface area contributed by atoms with Gasteiger partial charge in [0.2, 0.25) is 0 Å². The first-order valence-electron chi connectivity index (χ1n) is 5.95. The van der Waals surface area contributed by atoms with Crippen LogP contribution in [-0.2, 0) is 11.2 Å². The second-order valence-electron chi connectivity index (χ2n) is 5.02. The molecule has 0 fully saturated rings. The molecule has 1 atom stereocenters. The normalized spacial score (nSPS) is 14.8. The van der Waals surface area contributed by atoms with Gasteiger partial charge < -0.3 is 10.8 Å². The van der Waals surface area contributed by atoms with Crippen LogP contribution in [0.1, 0.15) is 32.3 Å². The zero-order chi connectivity index (χ0) is 12.9. The summed E-state index contributed by atoms with van der Waals surface area (Å²) in [5, 5.41) is 13.5. The molecule has 0 aliphatic rings. The Morgan fingerprint density at radius 1 is 1.59 bits per heavy atom. The van der Waals surface area contributed by atoms with Crippen molar-refractivity contribution in [3.05, 3.63) is 22.4 Å². The maximum absolute atomic E-state index is 11.5. The molecule has 1 aromatic rings. The summed E-state index contributed by atoms with van der Waals surface area (Å²) in [5.41, 5.74) is 6.16. The van der Waals surface area contributed by atoms with Gasteiger partial charge in [-0.1, -0.05) is 13.8 Å². The molecule has 0 spiro atoms. The van der Waals surface area contributed by atoms with Gasteiger partial charge in [0.1, 0.15) is 0 Å². The van der Waals surface area contributed by atoms with E-state index in [-0.39, 0.29) is 6.54 Å². The van der Waals surface area contributed by atoms with E-state index in [9.17, 15) is 9.90 Å². The molecular formula is C13H21NO2S. The maximum atomic E-state index is 11.5. The first-order chi connectivity index (χ1) is 8.00. The van der Waals surface area contributed by atoms with Gasteiger partial charge in [0.15, 0.2) is 0 Å². The summed E-state index contributed by atoms with van der Waals surface area (Å²) in [4.78, 5) is 11.5. The molecular weight excluding hydrogens is 234 g/mol. The fourth-order valence-electron chi connectivity index (χ4n) is 2.17. The monoisotopic (exact) mass is 255 g/mol. The van der Waals surface area contributed by atoms with Crippen LogP contribution >= 0.6 is 11.3 Å². The molecule has 0 aliphatic heterocycles. The van der Waals surface area contributed by atoms with Crippen LogP contribution in [0.5, 0.6) is 0 Å². The molecule has 0 aliphatic carbocycles. The van der Waals surface area contributed by atoms with E-state index < -0.39 is 11.4 Å². The predicted molar refractivity (Wildman–Crippen MR) is 71.2 cm³/mol. The Kier molecular flexibility index (Phi) is 5.15. The van der Waals surface area contributed by atoms with Gasteiger partial charge in [-0.25, -0.2) is 0 Å². The molecule has 1 heterocycles. The minimum atomic E-state index is -0.768. The van der Waals surface area contributed by atoms with Crippen LogP contribution in [0.25, 0.3) is 0 Å². The van der Waals surface area contributed by atoms with E-state index >= 15 is 0 Å². The van der Waals surface area contributed by atoms with Crippen molar-refractivity contribution in [2.45, 2.75) is 33.1 Å². The molecule has 0 aromatic carbocycles. The number of rotatable bonds is 7. The number of thiophene rings is 1. The van der Waals surface area contributed by atoms with Gasteiger partial charge >= 0.3 is 5.97 Å². The van der Waals surface area contributed by atoms with Gasteiger partial charge in [-0.2, -0.15) is 11.3 Å². The van der Waals surface area contributed by atoms with E-state index in [0.717, 1.165) is 6.42 Å². The van der Waals surface area contributed by atoms with Crippen LogP contribution in [-0.4, -0.2) is 17.6 Å². The third kappa shape index (κ3) is 3.82. The molecule has 96 valence electrons. The topological polar surface area (TPSA) is 63.3 Å². The predicted octanol–water partition coefficient (Wildman–Crippen LogP) is 2.76. The quantitative estimate of drug-likeness (QED) is 0.787. The van der Waals surface area contributed by atoms with Crippen LogP contribution in [0.2, 0.25) is 0 Å². The van der Waals surface area contributed by atoms with E-state index in [1.54, 1.807) is 11.3 Å². The first-order valence-corrected chi connectivity index (χ1v) is 6.89. The van der Waals surface area contributed by atoms with Crippen molar-refractivity contribution in [3.63, 3.8) is 0 Å². The van der Waals surface area contributed by atoms with E-state index in [1.807, 2.05) is 25.3 Å². The van der Waals surface area contributed by atoms with Crippen LogP contribution in [0.15, 0.2) is 16.8 Å². The number of nitrogens with two attached hydrogens (primary N) is 1. The SMILES string of the molecule is CC(C)CC(CN)(CCc1ccsc1)C(=O)O. The Morgan fingerprint density at radius 3 is 2.71 bits per heavy atom. The average Bonchev–Trinajstić information content (AvgIpc) is 2.76. The summed E-state index contributed by atoms with van der Waals surface area (Å²) < 4.78 is 0. The number of aryl methyl sites for hydroxylation is 1. The van der Waals surface area contributed by atoms with E-state index in [2.05, 4.69) is 5.38 Å². The molecule has 1 rings (SSSR count). The van der Waals surface area contributed by atoms with E-state index in [0.29, 0.717) is 18.8 Å². The zero-order valence-corrected chi connectivity index (χ0v) is 11.3. The molecule has 0 amide bonds. The van der Waals surface area contributed by atoms with Gasteiger partial charge in [0.25, 0.3) is 0 Å². The van der Waals surface area contributed by atoms with E-state index in [4.69, 9.17) is 5.73 Å². The highest BCUT2D eigenvalue weighted by atomic mass is 32.1. The summed E-state index contributed by atoms with van der Waals surface area (Å²) in [6.07, 6.45) is 2.05. The van der Waals surface area contributed by atoms with Crippen molar-refractivity contribution in [2.75, 3.05) is 6.54 Å². The minimum Gasteiger partial charge on any atom is -0.481 e. The number of carboxylic acid groups (broad SMARTS) is 1. The molecule has 0 saturated carbocycles. The maximum Gasteiger partial charge on any atom is 0.310 e. The Hall–Kier alpha value is -0.870. The molecule has 3 nitrogen and oxygen atoms in total. The highest BCUT2D eigenvalue weighted by Crippen LogP contribution is 2.31. The van der Waals surface area contributed by atoms with Gasteiger partial charge in [0.05, 0.1) is 5.41 Å². The lowest BCUT2D eigenvalue weighted by atomic mass is 9.76. The molecule has 0 bridgehead atoms. The number of carbonyl (C=O) groups is 1. The Bertz CT molecular complexity index is 348. The highest BCUT2D eigenvalue weighted by molar-refractivity contribution is 7.07. The van der Waals surface area contributed by atoms with Gasteiger partial charge in [-0.3, -0.25) is 4.79 Å². The molecule has 0 saturated heterocycles. The Morgan fingerprint density at radius 2 is 2.29 bits per heavy atom. The fraction of sp³-hybridized carbons (Fsp3) is 0.615. The first kappa shape index (κ1) is 14.2. The zero-order valence-electron chi connectivity index (χ0n) is 10.5. The third-order valence-corrected chi connectivity index (χ3v) is 3.85. The Labute approximate surface area is 107 Å². The summed E-state index contributed by atoms with van der Waals surface area (Å²) in [5.74, 6) is -0.416. The average molecular weight is 255 g/mol. The van der Waals surface area contributed by atoms with E-state index in [1.165, 1.54) is 5.56 Å². The standard InChI is InChI=1S/C13H21NO2S/c1-10(2)7-13(9-14,12(15)16)5-3-11-4-6-17-8-11/h4,6,8,10H,3,5,7,9,14H2,1-2H3,(H,15,16). The lowest BCUT2D eigenvalue weighted by molar-refractivity contribution is -0.149. The van der Waals surface area contributed by atoms with Crippen LogP contribution in [0.4, 0.5) is 0 Å². The molecule has 0 radical (unpaired) electrons. The second kappa shape index (κ2) is 6.17. The molecule has 17 heavy (non-hydrogen) atoms. The highest BCUT2D eigenvalue weighted by Gasteiger charge is 2.37. The Balaban J connectivity index is 2.72. The van der Waals surface area contributed by atoms with Crippen LogP contribution in [0.3, 0.4) is 0 Å². The van der Waals surface area contributed by atoms with Crippen molar-refractivity contribution in [2.24, 2.45) is 17.1 Å². The second-order valence-corrected chi connectivity index (χ2v) is 5.80. The van der Waals surface area contributed by atoms with Gasteiger partial charge in [-0.05, 0) is 47.6 Å². The minimum absolute atomic E-state index is 0.213. The van der Waals surface area contributed by atoms with Crippen molar-refractivity contribution >= 4 is 17.3 Å². The summed E-state index contributed by atoms with van der Waals surface area (Å²) in [7, 11) is 0. The summed E-state index contributed by atoms with van der Waals surface area (Å²) >= 11 is 1.64. The van der Waals surface area contributed by atoms with Gasteiger partial charge in [0, 0.05) is 6.54 Å². The van der Waals surface area contributed by atoms with Crippen molar-refractivity contribution in [1.29, 1.82) is 0 Å². The number of carboxylic acids is 1. The van der Waals surface area contributed by atoms with Crippen LogP contribution < -0.4 is 5.73 Å². The lowest BCUT2D eigenvalue weighted by Gasteiger charge is -2.29. The molecule has 1 unspecified atom stereocenters. The lowest BCUT2D eigenvalue weighted by Crippen LogP contribution is -2.40. The molecule has 1 aromatic heterocycles. The fourth-order valence-corrected chi connectivity index (χ4v) is 2.87. The van der Waals surface area contributed by atoms with Crippen LogP contribution in [0, 0.1) is 11.3 Å². The largest absolute Gasteiger partial charge is 0.481 e. The molecule has 4 heteroatoms. The summed E-state index contributed by atoms with van der Waals surface area (Å²) in [6, 6.07) is 2.04. The third-order valence-electron chi connectivity index (χ3n) is 3.12. The smallest absolute Gasteiger partial charge is 0.310 e. The van der Waals surface area contributed by atoms with Crippen molar-refractivity contribution in [1.82, 2.24) is 0 Å². The van der Waals surface area contributed by atoms with Gasteiger partial charge in [-0.15, -0.1) is 0 Å². The number of hydrogen-bond donors (Lipinski definition) is 2. The number of aliphatic carboxylic acids is 1. The van der Waals surface area contributed by atoms with Crippen molar-refractivity contribution < 1.29 is 9.90 Å². The molecule has 3 N–H and O–H groups in total. The van der Waals surface area contributed by atoms with Crippen molar-refractivity contribution in [3.8, 4) is 0 Å². The summed E-state index contributed by atoms with van der Waals surface area (Å²) in [6.45, 7) is 4.29. The number of hydrogen-bond acceptors (Lipinski definition) is 3.